The number of nitrogen functional groups attached to an aromatic ring is 1. The van der Waals surface area contributed by atoms with E-state index < -0.39 is 12.2 Å². The van der Waals surface area contributed by atoms with Gasteiger partial charge in [0.2, 0.25) is 0 Å². The quantitative estimate of drug-likeness (QED) is 0.366. The van der Waals surface area contributed by atoms with E-state index in [1.165, 1.54) is 6.33 Å². The Balaban J connectivity index is 1.19. The molecule has 0 amide bonds. The summed E-state index contributed by atoms with van der Waals surface area (Å²) in [5, 5.41) is 23.5. The molecule has 0 spiro atoms. The van der Waals surface area contributed by atoms with Gasteiger partial charge in [-0.2, -0.15) is 0 Å². The van der Waals surface area contributed by atoms with Crippen molar-refractivity contribution in [2.24, 2.45) is 5.92 Å². The summed E-state index contributed by atoms with van der Waals surface area (Å²) in [7, 11) is 0. The molecular weight excluding hydrogens is 432 g/mol. The van der Waals surface area contributed by atoms with Crippen molar-refractivity contribution in [2.45, 2.75) is 57.0 Å². The first kappa shape index (κ1) is 21.3. The Morgan fingerprint density at radius 2 is 2.06 bits per heavy atom. The van der Waals surface area contributed by atoms with Crippen molar-refractivity contribution >= 4 is 33.6 Å². The van der Waals surface area contributed by atoms with Crippen molar-refractivity contribution in [2.75, 3.05) is 11.2 Å². The van der Waals surface area contributed by atoms with E-state index in [1.807, 2.05) is 23.8 Å². The molecule has 1 aromatic carbocycles. The van der Waals surface area contributed by atoms with Gasteiger partial charge in [-0.3, -0.25) is 4.84 Å². The Labute approximate surface area is 196 Å². The van der Waals surface area contributed by atoms with Crippen LogP contribution in [0.25, 0.3) is 21.9 Å². The summed E-state index contributed by atoms with van der Waals surface area (Å²) in [5.41, 5.74) is 12.8. The monoisotopic (exact) mass is 460 g/mol. The van der Waals surface area contributed by atoms with Gasteiger partial charge in [0.1, 0.15) is 23.9 Å². The lowest BCUT2D eigenvalue weighted by atomic mass is 9.95. The van der Waals surface area contributed by atoms with E-state index >= 15 is 0 Å². The molecule has 5 N–H and O–H groups in total. The molecule has 1 aliphatic carbocycles. The van der Waals surface area contributed by atoms with Crippen molar-refractivity contribution in [3.8, 4) is 0 Å². The van der Waals surface area contributed by atoms with Gasteiger partial charge in [-0.1, -0.05) is 12.1 Å². The van der Waals surface area contributed by atoms with Crippen LogP contribution in [-0.2, 0) is 17.7 Å². The number of aromatic nitrogens is 4. The van der Waals surface area contributed by atoms with Crippen LogP contribution >= 0.6 is 0 Å². The lowest BCUT2D eigenvalue weighted by molar-refractivity contribution is 0.00545. The summed E-state index contributed by atoms with van der Waals surface area (Å²) in [5.74, 6) is 1.17. The third kappa shape index (κ3) is 3.56. The largest absolute Gasteiger partial charge is 0.390 e. The van der Waals surface area contributed by atoms with Gasteiger partial charge in [0, 0.05) is 18.0 Å². The van der Waals surface area contributed by atoms with Crippen LogP contribution in [0, 0.1) is 5.92 Å². The number of benzene rings is 1. The van der Waals surface area contributed by atoms with Crippen molar-refractivity contribution in [1.29, 1.82) is 0 Å². The van der Waals surface area contributed by atoms with Gasteiger partial charge < -0.3 is 20.5 Å². The number of aryl methyl sites for hydroxylation is 1. The highest BCUT2D eigenvalue weighted by molar-refractivity contribution is 5.86. The lowest BCUT2D eigenvalue weighted by Gasteiger charge is -2.22. The number of anilines is 2. The van der Waals surface area contributed by atoms with E-state index in [4.69, 9.17) is 15.6 Å². The molecule has 9 nitrogen and oxygen atoms in total. The van der Waals surface area contributed by atoms with Crippen LogP contribution in [0.15, 0.2) is 42.9 Å². The molecule has 2 aliphatic rings. The zero-order valence-electron chi connectivity index (χ0n) is 18.9. The second kappa shape index (κ2) is 8.19. The van der Waals surface area contributed by atoms with Gasteiger partial charge in [0.25, 0.3) is 0 Å². The van der Waals surface area contributed by atoms with Crippen LogP contribution in [0.3, 0.4) is 0 Å². The first-order valence-electron chi connectivity index (χ1n) is 11.8. The number of aliphatic hydroxyl groups is 2. The Hall–Kier alpha value is -3.27. The number of rotatable bonds is 4. The maximum absolute atomic E-state index is 10.8. The second-order valence-corrected chi connectivity index (χ2v) is 9.56. The van der Waals surface area contributed by atoms with E-state index in [1.54, 1.807) is 0 Å². The molecular formula is C25H28N6O3. The van der Waals surface area contributed by atoms with Gasteiger partial charge in [0.05, 0.1) is 29.2 Å². The maximum atomic E-state index is 10.8. The highest BCUT2D eigenvalue weighted by atomic mass is 16.7. The Morgan fingerprint density at radius 3 is 2.94 bits per heavy atom. The predicted octanol–water partition coefficient (Wildman–Crippen LogP) is 2.77. The summed E-state index contributed by atoms with van der Waals surface area (Å²) >= 11 is 0. The molecule has 1 saturated carbocycles. The number of nitrogens with zero attached hydrogens (tertiary/aromatic N) is 4. The van der Waals surface area contributed by atoms with Crippen LogP contribution in [0.5, 0.6) is 0 Å². The summed E-state index contributed by atoms with van der Waals surface area (Å²) < 4.78 is 1.92. The molecule has 4 heterocycles. The van der Waals surface area contributed by atoms with E-state index in [2.05, 4.69) is 39.7 Å². The van der Waals surface area contributed by atoms with Gasteiger partial charge in [0.15, 0.2) is 5.82 Å². The minimum Gasteiger partial charge on any atom is -0.390 e. The smallest absolute Gasteiger partial charge is 0.153 e. The first-order chi connectivity index (χ1) is 16.5. The number of fused-ring (bicyclic) bond motifs is 3. The predicted molar refractivity (Wildman–Crippen MR) is 129 cm³/mol. The van der Waals surface area contributed by atoms with Crippen molar-refractivity contribution < 1.29 is 15.1 Å². The van der Waals surface area contributed by atoms with Gasteiger partial charge in [-0.25, -0.2) is 20.4 Å². The number of pyridine rings is 1. The molecule has 1 fully saturated rings. The fraction of sp³-hybridized carbons (Fsp3) is 0.400. The lowest BCUT2D eigenvalue weighted by Crippen LogP contribution is -2.29. The summed E-state index contributed by atoms with van der Waals surface area (Å²) in [4.78, 5) is 18.6. The molecule has 0 radical (unpaired) electrons. The first-order valence-corrected chi connectivity index (χ1v) is 11.8. The number of aliphatic hydroxyl groups excluding tert-OH is 2. The Morgan fingerprint density at radius 1 is 1.18 bits per heavy atom. The molecule has 1 aliphatic heterocycles. The van der Waals surface area contributed by atoms with Crippen LogP contribution in [0.2, 0.25) is 0 Å². The van der Waals surface area contributed by atoms with Crippen molar-refractivity contribution in [3.05, 3.63) is 54.0 Å². The van der Waals surface area contributed by atoms with Crippen molar-refractivity contribution in [1.82, 2.24) is 19.5 Å². The minimum atomic E-state index is -0.866. The Bertz CT molecular complexity index is 1370. The van der Waals surface area contributed by atoms with Crippen LogP contribution in [0.1, 0.15) is 36.9 Å². The minimum absolute atomic E-state index is 0.0274. The molecule has 3 aromatic heterocycles. The fourth-order valence-electron chi connectivity index (χ4n) is 5.44. The third-order valence-corrected chi connectivity index (χ3v) is 7.30. The van der Waals surface area contributed by atoms with E-state index in [0.29, 0.717) is 17.9 Å². The second-order valence-electron chi connectivity index (χ2n) is 9.56. The Kier molecular flexibility index (Phi) is 5.13. The van der Waals surface area contributed by atoms with E-state index in [9.17, 15) is 10.2 Å². The van der Waals surface area contributed by atoms with E-state index in [-0.39, 0.29) is 18.1 Å². The molecule has 176 valence electrons. The normalized spacial score (nSPS) is 26.6. The zero-order chi connectivity index (χ0) is 23.4. The standard InChI is InChI=1S/C25H28N6O3/c1-13-8-17-10-15-4-2-14(9-19(15)29-24(17)30-34-13)3-5-16-11-20(22(33)21(16)32)31-7-6-18-23(26)27-12-28-25(18)31/h2,4,6-7,9-10,12-13,16,20-22,32-33H,3,5,8,11H2,1H3,(H,29,30)(H2,26,27,28)/t13-,16-,20+,21+,22-/m0/s1. The average Bonchev–Trinajstić information content (AvgIpc) is 3.38. The molecule has 34 heavy (non-hydrogen) atoms. The summed E-state index contributed by atoms with van der Waals surface area (Å²) in [6.45, 7) is 2.03. The van der Waals surface area contributed by atoms with Crippen LogP contribution in [0.4, 0.5) is 11.6 Å². The maximum Gasteiger partial charge on any atom is 0.153 e. The van der Waals surface area contributed by atoms with Crippen LogP contribution < -0.4 is 11.2 Å². The number of nitrogens with two attached hydrogens (primary N) is 1. The van der Waals surface area contributed by atoms with Gasteiger partial charge >= 0.3 is 0 Å². The SMILES string of the molecule is C[C@H]1Cc2cc3ccc(CC[C@H]4C[C@@H](n5ccc6c(N)ncnc65)[C@H](O)[C@@H]4O)cc3nc2NO1. The van der Waals surface area contributed by atoms with Crippen LogP contribution in [-0.4, -0.2) is 48.0 Å². The number of hydrogen-bond donors (Lipinski definition) is 4. The van der Waals surface area contributed by atoms with E-state index in [0.717, 1.165) is 52.5 Å². The molecule has 0 unspecified atom stereocenters. The summed E-state index contributed by atoms with van der Waals surface area (Å²) in [6, 6.07) is 10.1. The zero-order valence-corrected chi connectivity index (χ0v) is 18.9. The summed E-state index contributed by atoms with van der Waals surface area (Å²) in [6.07, 6.45) is 4.81. The molecule has 0 saturated heterocycles. The third-order valence-electron chi connectivity index (χ3n) is 7.30. The molecule has 4 aromatic rings. The van der Waals surface area contributed by atoms with Crippen molar-refractivity contribution in [3.63, 3.8) is 0 Å². The highest BCUT2D eigenvalue weighted by Gasteiger charge is 2.42. The molecule has 9 heteroatoms. The van der Waals surface area contributed by atoms with Gasteiger partial charge in [-0.15, -0.1) is 0 Å². The topological polar surface area (TPSA) is 131 Å². The van der Waals surface area contributed by atoms with Gasteiger partial charge in [-0.05, 0) is 61.4 Å². The molecule has 0 bridgehead atoms. The molecule has 5 atom stereocenters. The highest BCUT2D eigenvalue weighted by Crippen LogP contribution is 2.39. The molecule has 6 rings (SSSR count). The number of nitrogens with one attached hydrogen (secondary N) is 1. The fourth-order valence-corrected chi connectivity index (χ4v) is 5.44. The average molecular weight is 461 g/mol. The number of hydrogen-bond acceptors (Lipinski definition) is 8.